The molecule has 0 radical (unpaired) electrons. The summed E-state index contributed by atoms with van der Waals surface area (Å²) >= 11 is 0. The lowest BCUT2D eigenvalue weighted by Crippen LogP contribution is -2.54. The molecular weight excluding hydrogens is 344 g/mol. The summed E-state index contributed by atoms with van der Waals surface area (Å²) in [5.41, 5.74) is 0.744. The number of amides is 1. The van der Waals surface area contributed by atoms with E-state index >= 15 is 0 Å². The second kappa shape index (κ2) is 6.80. The number of ether oxygens (including phenoxy) is 1. The van der Waals surface area contributed by atoms with Gasteiger partial charge in [0.15, 0.2) is 6.10 Å². The van der Waals surface area contributed by atoms with E-state index in [4.69, 9.17) is 9.15 Å². The monoisotopic (exact) mass is 370 g/mol. The largest absolute Gasteiger partial charge is 0.472 e. The number of nitrogens with zero attached hydrogens (tertiary/aromatic N) is 4. The van der Waals surface area contributed by atoms with Crippen LogP contribution < -0.4 is 0 Å². The van der Waals surface area contributed by atoms with Crippen molar-refractivity contribution in [2.24, 2.45) is 0 Å². The number of furan rings is 1. The van der Waals surface area contributed by atoms with Crippen LogP contribution in [0.4, 0.5) is 0 Å². The zero-order valence-electron chi connectivity index (χ0n) is 15.5. The Morgan fingerprint density at radius 1 is 1.22 bits per heavy atom. The Balaban J connectivity index is 1.33. The molecule has 2 aromatic heterocycles. The van der Waals surface area contributed by atoms with Crippen molar-refractivity contribution in [2.45, 2.75) is 50.5 Å². The Labute approximate surface area is 158 Å². The van der Waals surface area contributed by atoms with Gasteiger partial charge in [0, 0.05) is 50.7 Å². The van der Waals surface area contributed by atoms with Crippen molar-refractivity contribution in [3.05, 3.63) is 42.4 Å². The summed E-state index contributed by atoms with van der Waals surface area (Å²) in [6, 6.07) is 2.01. The fourth-order valence-corrected chi connectivity index (χ4v) is 4.72. The van der Waals surface area contributed by atoms with Crippen LogP contribution in [-0.2, 0) is 28.2 Å². The Morgan fingerprint density at radius 2 is 2.04 bits per heavy atom. The molecule has 1 amide bonds. The standard InChI is InChI=1S/C20H26N4O3/c25-18(23-7-1-2-8-23)17-14-24-11-6-21-19(24)20(27-17)4-9-22(10-5-20)13-16-3-12-26-15-16/h3,6,11-12,15,17H,1-2,4-5,7-10,13-14H2/t17-/m1/s1. The lowest BCUT2D eigenvalue weighted by Gasteiger charge is -2.46. The highest BCUT2D eigenvalue weighted by molar-refractivity contribution is 5.81. The topological polar surface area (TPSA) is 63.7 Å². The van der Waals surface area contributed by atoms with Crippen LogP contribution in [0.5, 0.6) is 0 Å². The normalized spacial score (nSPS) is 25.0. The zero-order chi connectivity index (χ0) is 18.3. The third-order valence-electron chi connectivity index (χ3n) is 6.20. The van der Waals surface area contributed by atoms with Crippen molar-refractivity contribution in [3.63, 3.8) is 0 Å². The average Bonchev–Trinajstić information content (AvgIpc) is 3.45. The van der Waals surface area contributed by atoms with Gasteiger partial charge >= 0.3 is 0 Å². The molecule has 0 aliphatic carbocycles. The number of fused-ring (bicyclic) bond motifs is 2. The maximum atomic E-state index is 13.0. The highest BCUT2D eigenvalue weighted by Crippen LogP contribution is 2.40. The minimum Gasteiger partial charge on any atom is -0.472 e. The van der Waals surface area contributed by atoms with Crippen LogP contribution in [0.1, 0.15) is 37.1 Å². The number of piperidine rings is 1. The predicted octanol–water partition coefficient (Wildman–Crippen LogP) is 1.99. The number of imidazole rings is 1. The van der Waals surface area contributed by atoms with Crippen molar-refractivity contribution in [3.8, 4) is 0 Å². The van der Waals surface area contributed by atoms with Crippen LogP contribution >= 0.6 is 0 Å². The van der Waals surface area contributed by atoms with Gasteiger partial charge in [0.25, 0.3) is 5.91 Å². The molecule has 0 N–H and O–H groups in total. The van der Waals surface area contributed by atoms with Crippen molar-refractivity contribution < 1.29 is 13.9 Å². The quantitative estimate of drug-likeness (QED) is 0.827. The zero-order valence-corrected chi connectivity index (χ0v) is 15.5. The summed E-state index contributed by atoms with van der Waals surface area (Å²) in [6.45, 7) is 5.02. The van der Waals surface area contributed by atoms with Crippen molar-refractivity contribution in [1.82, 2.24) is 19.4 Å². The molecule has 2 saturated heterocycles. The van der Waals surface area contributed by atoms with E-state index in [1.165, 1.54) is 5.56 Å². The first kappa shape index (κ1) is 17.0. The molecule has 1 spiro atoms. The van der Waals surface area contributed by atoms with Gasteiger partial charge in [-0.15, -0.1) is 0 Å². The molecule has 5 rings (SSSR count). The van der Waals surface area contributed by atoms with Gasteiger partial charge in [-0.05, 0) is 31.7 Å². The summed E-state index contributed by atoms with van der Waals surface area (Å²) < 4.78 is 13.9. The Bertz CT molecular complexity index is 786. The molecule has 27 heavy (non-hydrogen) atoms. The first-order valence-electron chi connectivity index (χ1n) is 9.95. The van der Waals surface area contributed by atoms with Crippen LogP contribution in [0.3, 0.4) is 0 Å². The van der Waals surface area contributed by atoms with Crippen molar-refractivity contribution in [1.29, 1.82) is 0 Å². The molecule has 0 aromatic carbocycles. The van der Waals surface area contributed by atoms with E-state index in [9.17, 15) is 4.79 Å². The van der Waals surface area contributed by atoms with Gasteiger partial charge in [0.2, 0.25) is 0 Å². The second-order valence-corrected chi connectivity index (χ2v) is 7.94. The average molecular weight is 370 g/mol. The molecule has 144 valence electrons. The molecule has 1 atom stereocenters. The number of rotatable bonds is 3. The maximum absolute atomic E-state index is 13.0. The minimum atomic E-state index is -0.450. The SMILES string of the molecule is O=C([C@H]1Cn2ccnc2C2(CCN(Cc3ccoc3)CC2)O1)N1CCCC1. The molecule has 2 fully saturated rings. The summed E-state index contributed by atoms with van der Waals surface area (Å²) in [5.74, 6) is 1.13. The van der Waals surface area contributed by atoms with Crippen LogP contribution in [0.2, 0.25) is 0 Å². The molecule has 2 aromatic rings. The molecular formula is C20H26N4O3. The van der Waals surface area contributed by atoms with E-state index < -0.39 is 11.7 Å². The molecule has 0 saturated carbocycles. The molecule has 7 heteroatoms. The summed E-state index contributed by atoms with van der Waals surface area (Å²) in [4.78, 5) is 22.0. The number of hydrogen-bond acceptors (Lipinski definition) is 5. The number of hydrogen-bond donors (Lipinski definition) is 0. The lowest BCUT2D eigenvalue weighted by atomic mass is 9.88. The van der Waals surface area contributed by atoms with E-state index in [0.717, 1.165) is 64.2 Å². The van der Waals surface area contributed by atoms with E-state index in [2.05, 4.69) is 14.5 Å². The molecule has 3 aliphatic heterocycles. The molecule has 7 nitrogen and oxygen atoms in total. The molecule has 5 heterocycles. The Hall–Kier alpha value is -2.12. The maximum Gasteiger partial charge on any atom is 0.253 e. The van der Waals surface area contributed by atoms with E-state index in [0.29, 0.717) is 6.54 Å². The van der Waals surface area contributed by atoms with Gasteiger partial charge < -0.3 is 18.6 Å². The first-order chi connectivity index (χ1) is 13.2. The summed E-state index contributed by atoms with van der Waals surface area (Å²) in [5, 5.41) is 0. The third kappa shape index (κ3) is 3.08. The van der Waals surface area contributed by atoms with Gasteiger partial charge in [-0.2, -0.15) is 0 Å². The highest BCUT2D eigenvalue weighted by atomic mass is 16.5. The van der Waals surface area contributed by atoms with Crippen molar-refractivity contribution in [2.75, 3.05) is 26.2 Å². The number of aromatic nitrogens is 2. The summed E-state index contributed by atoms with van der Waals surface area (Å²) in [6.07, 6.45) is 10.9. The molecule has 3 aliphatic rings. The minimum absolute atomic E-state index is 0.145. The smallest absolute Gasteiger partial charge is 0.253 e. The van der Waals surface area contributed by atoms with Crippen LogP contribution in [0.15, 0.2) is 35.4 Å². The Kier molecular flexibility index (Phi) is 4.28. The van der Waals surface area contributed by atoms with Crippen LogP contribution in [0.25, 0.3) is 0 Å². The van der Waals surface area contributed by atoms with Gasteiger partial charge in [0.05, 0.1) is 19.1 Å². The fourth-order valence-electron chi connectivity index (χ4n) is 4.72. The molecule has 0 bridgehead atoms. The van der Waals surface area contributed by atoms with E-state index in [1.54, 1.807) is 12.5 Å². The van der Waals surface area contributed by atoms with Gasteiger partial charge in [-0.1, -0.05) is 0 Å². The predicted molar refractivity (Wildman–Crippen MR) is 97.8 cm³/mol. The lowest BCUT2D eigenvalue weighted by molar-refractivity contribution is -0.180. The highest BCUT2D eigenvalue weighted by Gasteiger charge is 2.47. The number of likely N-dealkylation sites (tertiary alicyclic amines) is 2. The third-order valence-corrected chi connectivity index (χ3v) is 6.20. The van der Waals surface area contributed by atoms with Crippen molar-refractivity contribution >= 4 is 5.91 Å². The number of carbonyl (C=O) groups is 1. The first-order valence-corrected chi connectivity index (χ1v) is 9.95. The van der Waals surface area contributed by atoms with Crippen LogP contribution in [-0.4, -0.2) is 57.5 Å². The Morgan fingerprint density at radius 3 is 2.78 bits per heavy atom. The fraction of sp³-hybridized carbons (Fsp3) is 0.600. The van der Waals surface area contributed by atoms with Crippen LogP contribution in [0, 0.1) is 0 Å². The van der Waals surface area contributed by atoms with Gasteiger partial charge in [-0.3, -0.25) is 9.69 Å². The van der Waals surface area contributed by atoms with E-state index in [-0.39, 0.29) is 5.91 Å². The van der Waals surface area contributed by atoms with Gasteiger partial charge in [-0.25, -0.2) is 4.98 Å². The second-order valence-electron chi connectivity index (χ2n) is 7.94. The summed E-state index contributed by atoms with van der Waals surface area (Å²) in [7, 11) is 0. The molecule has 0 unspecified atom stereocenters. The van der Waals surface area contributed by atoms with Gasteiger partial charge in [0.1, 0.15) is 11.4 Å². The van der Waals surface area contributed by atoms with E-state index in [1.807, 2.05) is 23.4 Å². The number of carbonyl (C=O) groups excluding carboxylic acids is 1.